The number of aryl methyl sites for hydroxylation is 1. The maximum absolute atomic E-state index is 3.17. The van der Waals surface area contributed by atoms with E-state index in [2.05, 4.69) is 43.0 Å². The number of rotatable bonds is 4. The Labute approximate surface area is 92.6 Å². The van der Waals surface area contributed by atoms with Gasteiger partial charge in [-0.3, -0.25) is 0 Å². The lowest BCUT2D eigenvalue weighted by atomic mass is 10.1. The van der Waals surface area contributed by atoms with Crippen LogP contribution < -0.4 is 0 Å². The lowest BCUT2D eigenvalue weighted by molar-refractivity contribution is 1.14. The average molecular weight is 198 g/mol. The Bertz CT molecular complexity index is 360. The highest BCUT2D eigenvalue weighted by atomic mass is 13.9. The Morgan fingerprint density at radius 3 is 2.53 bits per heavy atom. The quantitative estimate of drug-likeness (QED) is 0.497. The minimum absolute atomic E-state index is 0.958. The van der Waals surface area contributed by atoms with Gasteiger partial charge in [-0.2, -0.15) is 0 Å². The Balaban J connectivity index is 2.60. The summed E-state index contributed by atoms with van der Waals surface area (Å²) in [6.07, 6.45) is 10.3. The van der Waals surface area contributed by atoms with E-state index in [9.17, 15) is 0 Å². The van der Waals surface area contributed by atoms with E-state index in [1.54, 1.807) is 0 Å². The summed E-state index contributed by atoms with van der Waals surface area (Å²) < 4.78 is 0. The molecular formula is C15H18. The molecule has 0 aliphatic rings. The molecule has 0 spiro atoms. The van der Waals surface area contributed by atoms with E-state index in [1.807, 2.05) is 25.2 Å². The Morgan fingerprint density at radius 2 is 1.93 bits per heavy atom. The fourth-order valence-electron chi connectivity index (χ4n) is 1.28. The largest absolute Gasteiger partial charge is 0.124 e. The third kappa shape index (κ3) is 4.49. The van der Waals surface area contributed by atoms with Gasteiger partial charge in [-0.25, -0.2) is 0 Å². The maximum atomic E-state index is 3.17. The number of hydrogen-bond donors (Lipinski definition) is 0. The SMILES string of the molecule is C/C=C/CC=C=Cc1ccc(CC)cc1. The van der Waals surface area contributed by atoms with Crippen LogP contribution in [0, 0.1) is 0 Å². The van der Waals surface area contributed by atoms with E-state index >= 15 is 0 Å². The Morgan fingerprint density at radius 1 is 1.20 bits per heavy atom. The van der Waals surface area contributed by atoms with Crippen LogP contribution in [0.1, 0.15) is 31.4 Å². The second-order valence-corrected chi connectivity index (χ2v) is 3.42. The van der Waals surface area contributed by atoms with Crippen LogP contribution in [0.4, 0.5) is 0 Å². The molecule has 1 aromatic rings. The highest BCUT2D eigenvalue weighted by Gasteiger charge is 1.87. The zero-order valence-corrected chi connectivity index (χ0v) is 9.53. The first-order chi connectivity index (χ1) is 7.36. The van der Waals surface area contributed by atoms with Crippen LogP contribution in [0.2, 0.25) is 0 Å². The Kier molecular flexibility index (Phi) is 5.29. The summed E-state index contributed by atoms with van der Waals surface area (Å²) in [7, 11) is 0. The minimum Gasteiger partial charge on any atom is -0.124 e. The molecule has 0 nitrogen and oxygen atoms in total. The van der Waals surface area contributed by atoms with Gasteiger partial charge < -0.3 is 0 Å². The van der Waals surface area contributed by atoms with Crippen molar-refractivity contribution in [2.75, 3.05) is 0 Å². The lowest BCUT2D eigenvalue weighted by Crippen LogP contribution is -1.78. The van der Waals surface area contributed by atoms with Gasteiger partial charge in [0.15, 0.2) is 0 Å². The van der Waals surface area contributed by atoms with E-state index in [0.717, 1.165) is 12.8 Å². The van der Waals surface area contributed by atoms with Gasteiger partial charge in [-0.1, -0.05) is 43.3 Å². The van der Waals surface area contributed by atoms with Gasteiger partial charge in [0.25, 0.3) is 0 Å². The third-order valence-corrected chi connectivity index (χ3v) is 2.25. The summed E-state index contributed by atoms with van der Waals surface area (Å²) in [4.78, 5) is 0. The van der Waals surface area contributed by atoms with Gasteiger partial charge in [0.2, 0.25) is 0 Å². The summed E-state index contributed by atoms with van der Waals surface area (Å²) in [5, 5.41) is 0. The van der Waals surface area contributed by atoms with Crippen molar-refractivity contribution in [3.05, 3.63) is 59.4 Å². The fourth-order valence-corrected chi connectivity index (χ4v) is 1.28. The summed E-state index contributed by atoms with van der Waals surface area (Å²) in [6, 6.07) is 8.60. The zero-order chi connectivity index (χ0) is 10.9. The smallest absolute Gasteiger partial charge is 0.00930 e. The number of hydrogen-bond acceptors (Lipinski definition) is 0. The van der Waals surface area contributed by atoms with E-state index in [1.165, 1.54) is 11.1 Å². The molecule has 0 atom stereocenters. The molecule has 0 fully saturated rings. The topological polar surface area (TPSA) is 0 Å². The molecular weight excluding hydrogens is 180 g/mol. The van der Waals surface area contributed by atoms with Crippen LogP contribution >= 0.6 is 0 Å². The van der Waals surface area contributed by atoms with Crippen molar-refractivity contribution >= 4 is 6.08 Å². The van der Waals surface area contributed by atoms with Gasteiger partial charge >= 0.3 is 0 Å². The average Bonchev–Trinajstić information content (AvgIpc) is 2.30. The normalized spacial score (nSPS) is 10.0. The van der Waals surface area contributed by atoms with Gasteiger partial charge in [-0.15, -0.1) is 5.73 Å². The third-order valence-electron chi connectivity index (χ3n) is 2.25. The summed E-state index contributed by atoms with van der Waals surface area (Å²) >= 11 is 0. The monoisotopic (exact) mass is 198 g/mol. The van der Waals surface area contributed by atoms with E-state index in [0.29, 0.717) is 0 Å². The second kappa shape index (κ2) is 6.86. The van der Waals surface area contributed by atoms with Crippen LogP contribution in [0.5, 0.6) is 0 Å². The molecule has 0 saturated heterocycles. The van der Waals surface area contributed by atoms with Crippen LogP contribution in [-0.4, -0.2) is 0 Å². The fraction of sp³-hybridized carbons (Fsp3) is 0.267. The molecule has 1 aromatic carbocycles. The molecule has 0 heteroatoms. The molecule has 0 aliphatic heterocycles. The molecule has 0 unspecified atom stereocenters. The summed E-state index contributed by atoms with van der Waals surface area (Å²) in [5.41, 5.74) is 5.76. The van der Waals surface area contributed by atoms with Crippen LogP contribution in [0.3, 0.4) is 0 Å². The summed E-state index contributed by atoms with van der Waals surface area (Å²) in [6.45, 7) is 4.20. The van der Waals surface area contributed by atoms with Crippen molar-refractivity contribution in [2.45, 2.75) is 26.7 Å². The molecule has 0 bridgehead atoms. The van der Waals surface area contributed by atoms with Crippen molar-refractivity contribution in [1.82, 2.24) is 0 Å². The lowest BCUT2D eigenvalue weighted by Gasteiger charge is -1.95. The first-order valence-electron chi connectivity index (χ1n) is 5.48. The van der Waals surface area contributed by atoms with Crippen molar-refractivity contribution in [3.63, 3.8) is 0 Å². The molecule has 15 heavy (non-hydrogen) atoms. The van der Waals surface area contributed by atoms with E-state index in [-0.39, 0.29) is 0 Å². The van der Waals surface area contributed by atoms with E-state index in [4.69, 9.17) is 0 Å². The molecule has 78 valence electrons. The summed E-state index contributed by atoms with van der Waals surface area (Å²) in [5.74, 6) is 0. The van der Waals surface area contributed by atoms with Gasteiger partial charge in [0.05, 0.1) is 0 Å². The predicted molar refractivity (Wildman–Crippen MR) is 67.8 cm³/mol. The van der Waals surface area contributed by atoms with Crippen LogP contribution in [0.15, 0.2) is 48.2 Å². The molecule has 0 heterocycles. The molecule has 1 rings (SSSR count). The van der Waals surface area contributed by atoms with Gasteiger partial charge in [-0.05, 0) is 43.0 Å². The van der Waals surface area contributed by atoms with E-state index < -0.39 is 0 Å². The predicted octanol–water partition coefficient (Wildman–Crippen LogP) is 4.38. The molecule has 0 saturated carbocycles. The molecule has 0 amide bonds. The van der Waals surface area contributed by atoms with Crippen LogP contribution in [0.25, 0.3) is 6.08 Å². The number of allylic oxidation sites excluding steroid dienone is 3. The van der Waals surface area contributed by atoms with Crippen molar-refractivity contribution in [3.8, 4) is 0 Å². The molecule has 0 N–H and O–H groups in total. The first-order valence-corrected chi connectivity index (χ1v) is 5.48. The molecule has 0 radical (unpaired) electrons. The van der Waals surface area contributed by atoms with Gasteiger partial charge in [0.1, 0.15) is 0 Å². The standard InChI is InChI=1S/C15H18/c1-3-5-6-7-8-9-15-12-10-14(4-2)11-13-15/h3,5,7,9-13H,4,6H2,1-2H3/b5-3+. The minimum atomic E-state index is 0.958. The number of benzene rings is 1. The molecule has 0 aromatic heterocycles. The zero-order valence-electron chi connectivity index (χ0n) is 9.53. The first kappa shape index (κ1) is 11.6. The van der Waals surface area contributed by atoms with Crippen molar-refractivity contribution < 1.29 is 0 Å². The maximum Gasteiger partial charge on any atom is -0.00930 e. The molecule has 0 aliphatic carbocycles. The van der Waals surface area contributed by atoms with Crippen molar-refractivity contribution in [1.29, 1.82) is 0 Å². The van der Waals surface area contributed by atoms with Crippen molar-refractivity contribution in [2.24, 2.45) is 0 Å². The Hall–Kier alpha value is -1.52. The second-order valence-electron chi connectivity index (χ2n) is 3.42. The van der Waals surface area contributed by atoms with Gasteiger partial charge in [0, 0.05) is 0 Å². The highest BCUT2D eigenvalue weighted by Crippen LogP contribution is 2.05. The highest BCUT2D eigenvalue weighted by molar-refractivity contribution is 5.49. The van der Waals surface area contributed by atoms with Crippen LogP contribution in [-0.2, 0) is 6.42 Å².